The second kappa shape index (κ2) is 4.92. The van der Waals surface area contributed by atoms with Gasteiger partial charge in [-0.1, -0.05) is 12.1 Å². The number of carbonyl (C=O) groups excluding carboxylic acids is 1. The van der Waals surface area contributed by atoms with E-state index in [2.05, 4.69) is 10.6 Å². The van der Waals surface area contributed by atoms with Crippen LogP contribution in [-0.2, 0) is 4.79 Å². The van der Waals surface area contributed by atoms with E-state index < -0.39 is 4.92 Å². The second-order valence-electron chi connectivity index (χ2n) is 3.91. The summed E-state index contributed by atoms with van der Waals surface area (Å²) in [5.74, 6) is -0.211. The lowest BCUT2D eigenvalue weighted by molar-refractivity contribution is -0.383. The number of benzene rings is 1. The van der Waals surface area contributed by atoms with E-state index in [1.807, 2.05) is 0 Å². The highest BCUT2D eigenvalue weighted by Crippen LogP contribution is 2.23. The molecule has 1 amide bonds. The number of nitro benzene ring substituents is 1. The van der Waals surface area contributed by atoms with Gasteiger partial charge in [0.15, 0.2) is 0 Å². The smallest absolute Gasteiger partial charge is 0.292 e. The summed E-state index contributed by atoms with van der Waals surface area (Å²) in [7, 11) is 0. The minimum atomic E-state index is -0.502. The number of nitro groups is 1. The first kappa shape index (κ1) is 11.5. The van der Waals surface area contributed by atoms with Crippen molar-refractivity contribution in [2.24, 2.45) is 0 Å². The number of rotatable bonds is 3. The molecule has 1 unspecified atom stereocenters. The third-order valence-corrected chi connectivity index (χ3v) is 2.74. The lowest BCUT2D eigenvalue weighted by Crippen LogP contribution is -2.35. The normalized spacial score (nSPS) is 18.9. The lowest BCUT2D eigenvalue weighted by atomic mass is 10.2. The third-order valence-electron chi connectivity index (χ3n) is 2.74. The van der Waals surface area contributed by atoms with Crippen molar-refractivity contribution < 1.29 is 9.72 Å². The largest absolute Gasteiger partial charge is 0.319 e. The van der Waals surface area contributed by atoms with E-state index in [1.165, 1.54) is 12.1 Å². The Morgan fingerprint density at radius 3 is 2.88 bits per heavy atom. The molecule has 1 saturated heterocycles. The second-order valence-corrected chi connectivity index (χ2v) is 3.91. The van der Waals surface area contributed by atoms with Crippen LogP contribution in [0.5, 0.6) is 0 Å². The summed E-state index contributed by atoms with van der Waals surface area (Å²) in [5, 5.41) is 16.4. The Balaban J connectivity index is 2.12. The van der Waals surface area contributed by atoms with Crippen molar-refractivity contribution in [1.82, 2.24) is 5.32 Å². The van der Waals surface area contributed by atoms with Crippen LogP contribution in [0.1, 0.15) is 12.8 Å². The maximum atomic E-state index is 11.8. The van der Waals surface area contributed by atoms with Crippen molar-refractivity contribution in [3.8, 4) is 0 Å². The predicted molar refractivity (Wildman–Crippen MR) is 62.8 cm³/mol. The van der Waals surface area contributed by atoms with Crippen LogP contribution in [0.15, 0.2) is 24.3 Å². The predicted octanol–water partition coefficient (Wildman–Crippen LogP) is 1.29. The van der Waals surface area contributed by atoms with Crippen molar-refractivity contribution >= 4 is 17.3 Å². The molecule has 2 N–H and O–H groups in total. The van der Waals surface area contributed by atoms with Gasteiger partial charge in [-0.25, -0.2) is 0 Å². The highest BCUT2D eigenvalue weighted by atomic mass is 16.6. The molecule has 0 bridgehead atoms. The maximum Gasteiger partial charge on any atom is 0.292 e. The van der Waals surface area contributed by atoms with E-state index in [4.69, 9.17) is 0 Å². The Morgan fingerprint density at radius 1 is 1.47 bits per heavy atom. The molecule has 90 valence electrons. The zero-order chi connectivity index (χ0) is 12.3. The van der Waals surface area contributed by atoms with Gasteiger partial charge in [0.1, 0.15) is 5.69 Å². The first-order valence-corrected chi connectivity index (χ1v) is 5.46. The number of nitrogens with one attached hydrogen (secondary N) is 2. The molecule has 0 spiro atoms. The van der Waals surface area contributed by atoms with Gasteiger partial charge in [-0.3, -0.25) is 14.9 Å². The molecule has 1 aliphatic heterocycles. The van der Waals surface area contributed by atoms with Crippen molar-refractivity contribution in [2.75, 3.05) is 11.9 Å². The molecule has 1 atom stereocenters. The molecule has 1 aromatic rings. The first-order valence-electron chi connectivity index (χ1n) is 5.46. The zero-order valence-electron chi connectivity index (χ0n) is 9.18. The summed E-state index contributed by atoms with van der Waals surface area (Å²) in [5.41, 5.74) is 0.162. The monoisotopic (exact) mass is 235 g/mol. The fraction of sp³-hybridized carbons (Fsp3) is 0.364. The van der Waals surface area contributed by atoms with E-state index in [9.17, 15) is 14.9 Å². The van der Waals surface area contributed by atoms with Gasteiger partial charge in [0, 0.05) is 6.07 Å². The van der Waals surface area contributed by atoms with Crippen molar-refractivity contribution in [3.05, 3.63) is 34.4 Å². The molecule has 2 rings (SSSR count). The Morgan fingerprint density at radius 2 is 2.24 bits per heavy atom. The number of hydrogen-bond acceptors (Lipinski definition) is 4. The summed E-state index contributed by atoms with van der Waals surface area (Å²) in [6.45, 7) is 0.814. The van der Waals surface area contributed by atoms with E-state index in [1.54, 1.807) is 12.1 Å². The molecule has 1 fully saturated rings. The average Bonchev–Trinajstić information content (AvgIpc) is 2.83. The van der Waals surface area contributed by atoms with Crippen LogP contribution in [0.3, 0.4) is 0 Å². The van der Waals surface area contributed by atoms with Crippen LogP contribution >= 0.6 is 0 Å². The Labute approximate surface area is 98.2 Å². The summed E-state index contributed by atoms with van der Waals surface area (Å²) in [6.07, 6.45) is 1.72. The van der Waals surface area contributed by atoms with E-state index >= 15 is 0 Å². The molecule has 0 aliphatic carbocycles. The number of hydrogen-bond donors (Lipinski definition) is 2. The van der Waals surface area contributed by atoms with Gasteiger partial charge in [-0.15, -0.1) is 0 Å². The SMILES string of the molecule is O=C(Nc1ccccc1[N+](=O)[O-])C1CCCN1. The topological polar surface area (TPSA) is 84.3 Å². The van der Waals surface area contributed by atoms with Crippen molar-refractivity contribution in [2.45, 2.75) is 18.9 Å². The summed E-state index contributed by atoms with van der Waals surface area (Å²) in [4.78, 5) is 22.1. The molecule has 0 radical (unpaired) electrons. The molecular formula is C11H13N3O3. The third kappa shape index (κ3) is 2.59. The Kier molecular flexibility index (Phi) is 3.34. The van der Waals surface area contributed by atoms with Gasteiger partial charge in [0.05, 0.1) is 11.0 Å². The number of anilines is 1. The standard InChI is InChI=1S/C11H13N3O3/c15-11(9-5-3-7-12-9)13-8-4-1-2-6-10(8)14(16)17/h1-2,4,6,9,12H,3,5,7H2,(H,13,15). The van der Waals surface area contributed by atoms with Gasteiger partial charge in [0.25, 0.3) is 5.69 Å². The van der Waals surface area contributed by atoms with Crippen LogP contribution < -0.4 is 10.6 Å². The Bertz CT molecular complexity index is 441. The first-order chi connectivity index (χ1) is 8.18. The minimum absolute atomic E-state index is 0.0844. The van der Waals surface area contributed by atoms with Crippen LogP contribution in [-0.4, -0.2) is 23.4 Å². The lowest BCUT2D eigenvalue weighted by Gasteiger charge is -2.10. The van der Waals surface area contributed by atoms with Crippen molar-refractivity contribution in [1.29, 1.82) is 0 Å². The fourth-order valence-corrected chi connectivity index (χ4v) is 1.87. The molecule has 1 aromatic carbocycles. The molecule has 6 heteroatoms. The molecular weight excluding hydrogens is 222 g/mol. The zero-order valence-corrected chi connectivity index (χ0v) is 9.18. The average molecular weight is 235 g/mol. The molecule has 1 aliphatic rings. The van der Waals surface area contributed by atoms with Crippen molar-refractivity contribution in [3.63, 3.8) is 0 Å². The number of nitrogens with zero attached hydrogens (tertiary/aromatic N) is 1. The summed E-state index contributed by atoms with van der Waals surface area (Å²) in [6, 6.07) is 5.89. The fourth-order valence-electron chi connectivity index (χ4n) is 1.87. The maximum absolute atomic E-state index is 11.8. The van der Waals surface area contributed by atoms with Gasteiger partial charge in [0.2, 0.25) is 5.91 Å². The van der Waals surface area contributed by atoms with Gasteiger partial charge in [-0.05, 0) is 25.5 Å². The molecule has 6 nitrogen and oxygen atoms in total. The molecule has 0 saturated carbocycles. The van der Waals surface area contributed by atoms with Crippen LogP contribution in [0.4, 0.5) is 11.4 Å². The van der Waals surface area contributed by atoms with Crippen LogP contribution in [0.2, 0.25) is 0 Å². The van der Waals surface area contributed by atoms with Crippen LogP contribution in [0.25, 0.3) is 0 Å². The van der Waals surface area contributed by atoms with Gasteiger partial charge < -0.3 is 10.6 Å². The quantitative estimate of drug-likeness (QED) is 0.610. The molecule has 0 aromatic heterocycles. The molecule has 17 heavy (non-hydrogen) atoms. The Hall–Kier alpha value is -1.95. The number of carbonyl (C=O) groups is 1. The minimum Gasteiger partial charge on any atom is -0.319 e. The van der Waals surface area contributed by atoms with E-state index in [0.717, 1.165) is 19.4 Å². The molecule has 1 heterocycles. The highest BCUT2D eigenvalue weighted by Gasteiger charge is 2.24. The van der Waals surface area contributed by atoms with Gasteiger partial charge in [-0.2, -0.15) is 0 Å². The number of para-hydroxylation sites is 2. The summed E-state index contributed by atoms with van der Waals surface area (Å²) < 4.78 is 0. The van der Waals surface area contributed by atoms with Crippen LogP contribution in [0, 0.1) is 10.1 Å². The summed E-state index contributed by atoms with van der Waals surface area (Å²) >= 11 is 0. The van der Waals surface area contributed by atoms with E-state index in [-0.39, 0.29) is 23.3 Å². The van der Waals surface area contributed by atoms with Gasteiger partial charge >= 0.3 is 0 Å². The van der Waals surface area contributed by atoms with E-state index in [0.29, 0.717) is 0 Å². The highest BCUT2D eigenvalue weighted by molar-refractivity contribution is 5.96. The number of amides is 1.